The Bertz CT molecular complexity index is 1420. The van der Waals surface area contributed by atoms with Crippen molar-refractivity contribution in [2.24, 2.45) is 5.92 Å². The molecule has 3 heterocycles. The number of sulfonamides is 1. The van der Waals surface area contributed by atoms with E-state index < -0.39 is 45.2 Å². The molecule has 2 saturated heterocycles. The zero-order chi connectivity index (χ0) is 29.5. The highest BCUT2D eigenvalue weighted by Gasteiger charge is 2.47. The van der Waals surface area contributed by atoms with E-state index in [9.17, 15) is 27.1 Å². The Kier molecular flexibility index (Phi) is 8.30. The number of likely N-dealkylation sites (tertiary alicyclic amines) is 1. The van der Waals surface area contributed by atoms with Crippen LogP contribution in [0, 0.1) is 17.6 Å². The van der Waals surface area contributed by atoms with Crippen LogP contribution in [-0.2, 0) is 14.8 Å². The minimum absolute atomic E-state index is 0.00398. The van der Waals surface area contributed by atoms with Gasteiger partial charge in [-0.15, -0.1) is 0 Å². The summed E-state index contributed by atoms with van der Waals surface area (Å²) in [5, 5.41) is 13.7. The summed E-state index contributed by atoms with van der Waals surface area (Å²) < 4.78 is 63.2. The molecule has 0 unspecified atom stereocenters. The summed E-state index contributed by atoms with van der Waals surface area (Å²) in [5.41, 5.74) is -0.120. The molecule has 2 aromatic carbocycles. The Morgan fingerprint density at radius 3 is 2.52 bits per heavy atom. The second-order valence-electron chi connectivity index (χ2n) is 12.4. The van der Waals surface area contributed by atoms with Crippen LogP contribution < -0.4 is 10.1 Å². The molecule has 11 heteroatoms. The third-order valence-electron chi connectivity index (χ3n) is 9.59. The van der Waals surface area contributed by atoms with Gasteiger partial charge >= 0.3 is 0 Å². The number of hydrogen-bond acceptors (Lipinski definition) is 6. The number of hydrogen-bond donors (Lipinski definition) is 2. The third kappa shape index (κ3) is 5.93. The van der Waals surface area contributed by atoms with Gasteiger partial charge in [0.05, 0.1) is 12.7 Å². The number of amides is 1. The summed E-state index contributed by atoms with van der Waals surface area (Å²) in [6.07, 6.45) is 7.35. The Morgan fingerprint density at radius 2 is 1.79 bits per heavy atom. The fourth-order valence-electron chi connectivity index (χ4n) is 7.18. The summed E-state index contributed by atoms with van der Waals surface area (Å²) >= 11 is 0. The lowest BCUT2D eigenvalue weighted by Gasteiger charge is -2.44. The fourth-order valence-corrected chi connectivity index (χ4v) is 8.93. The van der Waals surface area contributed by atoms with Crippen molar-refractivity contribution in [1.29, 1.82) is 0 Å². The largest absolute Gasteiger partial charge is 0.492 e. The number of piperidine rings is 1. The zero-order valence-corrected chi connectivity index (χ0v) is 24.6. The first-order valence-corrected chi connectivity index (χ1v) is 16.5. The van der Waals surface area contributed by atoms with Crippen LogP contribution in [0.2, 0.25) is 0 Å². The molecular weight excluding hydrogens is 564 g/mol. The number of aliphatic hydroxyl groups is 1. The summed E-state index contributed by atoms with van der Waals surface area (Å²) in [7, 11) is -4.26. The van der Waals surface area contributed by atoms with E-state index in [4.69, 9.17) is 4.74 Å². The molecule has 42 heavy (non-hydrogen) atoms. The molecule has 8 nitrogen and oxygen atoms in total. The summed E-state index contributed by atoms with van der Waals surface area (Å²) in [6.45, 7) is 2.66. The Labute approximate surface area is 246 Å². The molecule has 228 valence electrons. The molecule has 0 radical (unpaired) electrons. The average Bonchev–Trinajstić information content (AvgIpc) is 3.37. The van der Waals surface area contributed by atoms with Crippen LogP contribution in [-0.4, -0.2) is 79.1 Å². The van der Waals surface area contributed by atoms with Gasteiger partial charge in [0, 0.05) is 56.2 Å². The van der Waals surface area contributed by atoms with E-state index >= 15 is 0 Å². The second kappa shape index (κ2) is 11.8. The molecule has 1 amide bonds. The Hall–Kier alpha value is -2.60. The highest BCUT2D eigenvalue weighted by molar-refractivity contribution is 7.89. The first-order valence-electron chi connectivity index (χ1n) is 15.1. The maximum Gasteiger partial charge on any atom is 0.247 e. The van der Waals surface area contributed by atoms with Gasteiger partial charge in [0.25, 0.3) is 0 Å². The molecule has 1 spiro atoms. The van der Waals surface area contributed by atoms with E-state index in [2.05, 4.69) is 10.2 Å². The van der Waals surface area contributed by atoms with Gasteiger partial charge in [0.1, 0.15) is 28.3 Å². The van der Waals surface area contributed by atoms with Crippen molar-refractivity contribution in [3.63, 3.8) is 0 Å². The van der Waals surface area contributed by atoms with E-state index in [0.29, 0.717) is 30.7 Å². The number of aliphatic hydroxyl groups excluding tert-OH is 1. The molecule has 2 atom stereocenters. The van der Waals surface area contributed by atoms with Gasteiger partial charge in [-0.3, -0.25) is 4.79 Å². The number of rotatable bonds is 3. The van der Waals surface area contributed by atoms with E-state index in [0.717, 1.165) is 36.1 Å². The van der Waals surface area contributed by atoms with Gasteiger partial charge in [0.15, 0.2) is 0 Å². The van der Waals surface area contributed by atoms with Crippen LogP contribution in [0.3, 0.4) is 0 Å². The van der Waals surface area contributed by atoms with Crippen molar-refractivity contribution < 1.29 is 31.8 Å². The fraction of sp³-hybridized carbons (Fsp3) is 0.581. The molecule has 6 rings (SSSR count). The van der Waals surface area contributed by atoms with Crippen molar-refractivity contribution in [2.45, 2.75) is 80.4 Å². The summed E-state index contributed by atoms with van der Waals surface area (Å²) in [4.78, 5) is 16.0. The normalized spacial score (nSPS) is 27.0. The molecule has 3 fully saturated rings. The predicted molar refractivity (Wildman–Crippen MR) is 153 cm³/mol. The molecule has 0 aromatic heterocycles. The van der Waals surface area contributed by atoms with E-state index in [1.54, 1.807) is 0 Å². The van der Waals surface area contributed by atoms with Crippen molar-refractivity contribution in [2.75, 3.05) is 32.8 Å². The molecule has 1 aliphatic carbocycles. The van der Waals surface area contributed by atoms with Crippen molar-refractivity contribution >= 4 is 15.9 Å². The van der Waals surface area contributed by atoms with Gasteiger partial charge in [-0.1, -0.05) is 25.3 Å². The third-order valence-corrected chi connectivity index (χ3v) is 11.5. The van der Waals surface area contributed by atoms with Gasteiger partial charge < -0.3 is 20.1 Å². The predicted octanol–water partition coefficient (Wildman–Crippen LogP) is 4.07. The number of fused-ring (bicyclic) bond motifs is 2. The Morgan fingerprint density at radius 1 is 1.02 bits per heavy atom. The van der Waals surface area contributed by atoms with E-state index in [1.165, 1.54) is 56.4 Å². The number of ether oxygens (including phenoxy) is 1. The highest BCUT2D eigenvalue weighted by atomic mass is 32.2. The Balaban J connectivity index is 1.30. The number of nitrogens with one attached hydrogen (secondary N) is 1. The first-order chi connectivity index (χ1) is 20.1. The van der Waals surface area contributed by atoms with Crippen LogP contribution in [0.1, 0.15) is 57.8 Å². The monoisotopic (exact) mass is 603 g/mol. The molecule has 2 N–H and O–H groups in total. The first kappa shape index (κ1) is 29.5. The lowest BCUT2D eigenvalue weighted by Crippen LogP contribution is -2.59. The van der Waals surface area contributed by atoms with Crippen LogP contribution in [0.25, 0.3) is 11.1 Å². The lowest BCUT2D eigenvalue weighted by atomic mass is 9.83. The maximum atomic E-state index is 14.6. The van der Waals surface area contributed by atoms with Gasteiger partial charge in [0.2, 0.25) is 15.9 Å². The molecular formula is C31H39F2N3O5S. The topological polar surface area (TPSA) is 99.2 Å². The van der Waals surface area contributed by atoms with Crippen molar-refractivity contribution in [1.82, 2.24) is 14.5 Å². The van der Waals surface area contributed by atoms with E-state index in [1.807, 2.05) is 0 Å². The van der Waals surface area contributed by atoms with Gasteiger partial charge in [-0.2, -0.15) is 4.31 Å². The molecule has 4 aliphatic rings. The van der Waals surface area contributed by atoms with Crippen molar-refractivity contribution in [3.8, 4) is 16.9 Å². The number of halogens is 2. The van der Waals surface area contributed by atoms with Gasteiger partial charge in [-0.05, 0) is 61.4 Å². The smallest absolute Gasteiger partial charge is 0.247 e. The summed E-state index contributed by atoms with van der Waals surface area (Å²) in [6, 6.07) is 6.41. The minimum Gasteiger partial charge on any atom is -0.492 e. The van der Waals surface area contributed by atoms with Crippen molar-refractivity contribution in [3.05, 3.63) is 48.0 Å². The highest BCUT2D eigenvalue weighted by Crippen LogP contribution is 2.38. The average molecular weight is 604 g/mol. The molecule has 2 aromatic rings. The quantitative estimate of drug-likeness (QED) is 0.549. The molecule has 1 saturated carbocycles. The standard InChI is InChI=1S/C31H39F2N3O5S/c32-23-7-8-25(26(33)17-23)22-6-9-29-28(16-22)41-15-12-31(10-13-35(14-11-31)19-21-4-2-1-3-5-21)34-30(38)27-18-24(37)20-36(27)42(29,39)40/h6-9,16-17,21,24,27,37H,1-5,10-15,18-20H2,(H,34,38)/t24-,27+/m1/s1. The van der Waals surface area contributed by atoms with Crippen LogP contribution >= 0.6 is 0 Å². The number of nitrogens with zero attached hydrogens (tertiary/aromatic N) is 2. The molecule has 0 bridgehead atoms. The van der Waals surface area contributed by atoms with E-state index in [-0.39, 0.29) is 35.8 Å². The molecule has 3 aliphatic heterocycles. The van der Waals surface area contributed by atoms with Crippen LogP contribution in [0.15, 0.2) is 41.3 Å². The van der Waals surface area contributed by atoms with Gasteiger partial charge in [-0.25, -0.2) is 17.2 Å². The SMILES string of the molecule is O=C1NC2(CCOc3cc(-c4ccc(F)cc4F)ccc3S(=O)(=O)N3C[C@H](O)C[C@@H]13)CCN(CC1CCCCC1)CC2. The van der Waals surface area contributed by atoms with Crippen LogP contribution in [0.5, 0.6) is 5.75 Å². The number of benzene rings is 2. The second-order valence-corrected chi connectivity index (χ2v) is 14.3. The zero-order valence-electron chi connectivity index (χ0n) is 23.7. The number of carbonyl (C=O) groups excluding carboxylic acids is 1. The lowest BCUT2D eigenvalue weighted by molar-refractivity contribution is -0.127. The summed E-state index contributed by atoms with van der Waals surface area (Å²) in [5.74, 6) is -1.13. The number of carbonyl (C=O) groups is 1. The maximum absolute atomic E-state index is 14.6. The minimum atomic E-state index is -4.26. The van der Waals surface area contributed by atoms with Crippen LogP contribution in [0.4, 0.5) is 8.78 Å².